The van der Waals surface area contributed by atoms with Crippen molar-refractivity contribution in [2.75, 3.05) is 7.05 Å². The maximum Gasteiger partial charge on any atom is 0.240 e. The van der Waals surface area contributed by atoms with E-state index >= 15 is 0 Å². The summed E-state index contributed by atoms with van der Waals surface area (Å²) in [5.41, 5.74) is 7.78. The molecule has 1 amide bonds. The van der Waals surface area contributed by atoms with Gasteiger partial charge in [0.05, 0.1) is 17.0 Å². The summed E-state index contributed by atoms with van der Waals surface area (Å²) in [5.74, 6) is -0.247. The first-order chi connectivity index (χ1) is 11.8. The van der Waals surface area contributed by atoms with Gasteiger partial charge in [0.2, 0.25) is 15.9 Å². The highest BCUT2D eigenvalue weighted by Gasteiger charge is 2.18. The molecule has 4 N–H and O–H groups in total. The van der Waals surface area contributed by atoms with Gasteiger partial charge in [0.25, 0.3) is 0 Å². The van der Waals surface area contributed by atoms with Crippen LogP contribution < -0.4 is 15.8 Å². The molecule has 6 nitrogen and oxygen atoms in total. The van der Waals surface area contributed by atoms with Crippen molar-refractivity contribution in [3.63, 3.8) is 0 Å². The van der Waals surface area contributed by atoms with E-state index in [1.807, 2.05) is 37.3 Å². The van der Waals surface area contributed by atoms with Gasteiger partial charge in [-0.2, -0.15) is 0 Å². The summed E-state index contributed by atoms with van der Waals surface area (Å²) in [4.78, 5) is 12.4. The Labute approximate surface area is 148 Å². The normalized spacial score (nSPS) is 13.9. The number of hydrogen-bond acceptors (Lipinski definition) is 4. The molecule has 2 aromatic carbocycles. The first-order valence-electron chi connectivity index (χ1n) is 7.97. The van der Waals surface area contributed by atoms with Crippen LogP contribution in [0.25, 0.3) is 0 Å². The van der Waals surface area contributed by atoms with Gasteiger partial charge < -0.3 is 11.1 Å². The monoisotopic (exact) mass is 361 g/mol. The van der Waals surface area contributed by atoms with Crippen molar-refractivity contribution < 1.29 is 13.2 Å². The van der Waals surface area contributed by atoms with Gasteiger partial charge in [-0.3, -0.25) is 4.79 Å². The summed E-state index contributed by atoms with van der Waals surface area (Å²) in [6.07, 6.45) is 0.457. The lowest BCUT2D eigenvalue weighted by atomic mass is 10.0. The van der Waals surface area contributed by atoms with Crippen LogP contribution in [0.1, 0.15) is 24.1 Å². The Kier molecular flexibility index (Phi) is 6.30. The molecule has 0 aliphatic rings. The molecule has 2 aromatic rings. The minimum absolute atomic E-state index is 0.179. The number of benzene rings is 2. The third kappa shape index (κ3) is 5.12. The number of rotatable bonds is 7. The molecule has 0 saturated carbocycles. The molecule has 1 unspecified atom stereocenters. The van der Waals surface area contributed by atoms with Crippen LogP contribution in [0.5, 0.6) is 0 Å². The number of nitrogens with one attached hydrogen (secondary N) is 2. The number of amides is 1. The number of sulfonamides is 1. The summed E-state index contributed by atoms with van der Waals surface area (Å²) in [6, 6.07) is 15.0. The predicted molar refractivity (Wildman–Crippen MR) is 97.4 cm³/mol. The molecular weight excluding hydrogens is 338 g/mol. The van der Waals surface area contributed by atoms with Crippen LogP contribution in [0.4, 0.5) is 0 Å². The molecule has 0 aromatic heterocycles. The second-order valence-corrected chi connectivity index (χ2v) is 7.69. The molecular formula is C18H23N3O3S. The fourth-order valence-electron chi connectivity index (χ4n) is 2.42. The summed E-state index contributed by atoms with van der Waals surface area (Å²) in [7, 11) is -2.11. The largest absolute Gasteiger partial charge is 0.348 e. The average molecular weight is 361 g/mol. The van der Waals surface area contributed by atoms with Gasteiger partial charge in [-0.1, -0.05) is 42.5 Å². The van der Waals surface area contributed by atoms with Crippen LogP contribution in [0.15, 0.2) is 59.5 Å². The van der Waals surface area contributed by atoms with E-state index in [1.165, 1.54) is 19.2 Å². The Hall–Kier alpha value is -2.22. The van der Waals surface area contributed by atoms with Crippen molar-refractivity contribution in [1.29, 1.82) is 0 Å². The molecule has 0 heterocycles. The van der Waals surface area contributed by atoms with Crippen LogP contribution >= 0.6 is 0 Å². The summed E-state index contributed by atoms with van der Waals surface area (Å²) in [6.45, 7) is 1.83. The Morgan fingerprint density at radius 2 is 1.68 bits per heavy atom. The molecule has 0 spiro atoms. The van der Waals surface area contributed by atoms with Crippen molar-refractivity contribution in [3.8, 4) is 0 Å². The van der Waals surface area contributed by atoms with Crippen LogP contribution in [0, 0.1) is 0 Å². The predicted octanol–water partition coefficient (Wildman–Crippen LogP) is 1.34. The van der Waals surface area contributed by atoms with Crippen LogP contribution in [-0.4, -0.2) is 27.4 Å². The zero-order valence-electron chi connectivity index (χ0n) is 14.3. The van der Waals surface area contributed by atoms with E-state index in [-0.39, 0.29) is 16.8 Å². The molecule has 2 rings (SSSR count). The van der Waals surface area contributed by atoms with E-state index < -0.39 is 16.1 Å². The second kappa shape index (κ2) is 8.24. The smallest absolute Gasteiger partial charge is 0.240 e. The number of carbonyl (C=O) groups is 1. The van der Waals surface area contributed by atoms with E-state index in [0.717, 1.165) is 11.1 Å². The van der Waals surface area contributed by atoms with E-state index in [4.69, 9.17) is 5.73 Å². The number of carbonyl (C=O) groups excluding carboxylic acids is 1. The van der Waals surface area contributed by atoms with Crippen LogP contribution in [0.2, 0.25) is 0 Å². The molecule has 0 saturated heterocycles. The maximum atomic E-state index is 12.3. The van der Waals surface area contributed by atoms with Crippen molar-refractivity contribution in [2.45, 2.75) is 30.3 Å². The Bertz CT molecular complexity index is 805. The first-order valence-corrected chi connectivity index (χ1v) is 9.45. The zero-order chi connectivity index (χ0) is 18.4. The van der Waals surface area contributed by atoms with Crippen LogP contribution in [0.3, 0.4) is 0 Å². The number of hydrogen-bond donors (Lipinski definition) is 3. The Morgan fingerprint density at radius 3 is 2.24 bits per heavy atom. The first kappa shape index (κ1) is 19.1. The van der Waals surface area contributed by atoms with Crippen LogP contribution in [-0.2, 0) is 21.2 Å². The lowest BCUT2D eigenvalue weighted by Crippen LogP contribution is -2.42. The van der Waals surface area contributed by atoms with Crippen molar-refractivity contribution >= 4 is 15.9 Å². The molecule has 134 valence electrons. The topological polar surface area (TPSA) is 101 Å². The molecule has 0 fully saturated rings. The fourth-order valence-corrected chi connectivity index (χ4v) is 3.15. The molecule has 25 heavy (non-hydrogen) atoms. The van der Waals surface area contributed by atoms with Gasteiger partial charge in [0, 0.05) is 0 Å². The Balaban J connectivity index is 1.99. The molecule has 0 bridgehead atoms. The lowest BCUT2D eigenvalue weighted by molar-refractivity contribution is -0.123. The summed E-state index contributed by atoms with van der Waals surface area (Å²) < 4.78 is 25.7. The standard InChI is InChI=1S/C18H23N3O3S/c1-13(15-8-10-16(11-9-15)25(23,24)20-2)21-18(22)17(19)12-14-6-4-3-5-7-14/h3-11,13,17,20H,12,19H2,1-2H3,(H,21,22)/t13?,17-/m0/s1. The highest BCUT2D eigenvalue weighted by Crippen LogP contribution is 2.16. The maximum absolute atomic E-state index is 12.3. The summed E-state index contributed by atoms with van der Waals surface area (Å²) in [5, 5.41) is 2.86. The second-order valence-electron chi connectivity index (χ2n) is 5.80. The van der Waals surface area contributed by atoms with Crippen molar-refractivity contribution in [2.24, 2.45) is 5.73 Å². The Morgan fingerprint density at radius 1 is 1.08 bits per heavy atom. The van der Waals surface area contributed by atoms with Gasteiger partial charge in [0.1, 0.15) is 0 Å². The van der Waals surface area contributed by atoms with Gasteiger partial charge in [-0.05, 0) is 43.7 Å². The molecule has 0 aliphatic heterocycles. The average Bonchev–Trinajstić information content (AvgIpc) is 2.62. The minimum Gasteiger partial charge on any atom is -0.348 e. The zero-order valence-corrected chi connectivity index (χ0v) is 15.1. The highest BCUT2D eigenvalue weighted by molar-refractivity contribution is 7.89. The SMILES string of the molecule is CNS(=O)(=O)c1ccc(C(C)NC(=O)[C@@H](N)Cc2ccccc2)cc1. The molecule has 0 radical (unpaired) electrons. The highest BCUT2D eigenvalue weighted by atomic mass is 32.2. The minimum atomic E-state index is -3.47. The third-order valence-electron chi connectivity index (χ3n) is 3.95. The van der Waals surface area contributed by atoms with E-state index in [2.05, 4.69) is 10.0 Å². The molecule has 0 aliphatic carbocycles. The third-order valence-corrected chi connectivity index (χ3v) is 5.38. The van der Waals surface area contributed by atoms with E-state index in [9.17, 15) is 13.2 Å². The number of nitrogens with two attached hydrogens (primary N) is 1. The van der Waals surface area contributed by atoms with Gasteiger partial charge in [0.15, 0.2) is 0 Å². The summed E-state index contributed by atoms with van der Waals surface area (Å²) >= 11 is 0. The van der Waals surface area contributed by atoms with Gasteiger partial charge >= 0.3 is 0 Å². The van der Waals surface area contributed by atoms with Crippen molar-refractivity contribution in [1.82, 2.24) is 10.0 Å². The van der Waals surface area contributed by atoms with E-state index in [0.29, 0.717) is 6.42 Å². The van der Waals surface area contributed by atoms with E-state index in [1.54, 1.807) is 12.1 Å². The van der Waals surface area contributed by atoms with Crippen molar-refractivity contribution in [3.05, 3.63) is 65.7 Å². The lowest BCUT2D eigenvalue weighted by Gasteiger charge is -2.18. The molecule has 7 heteroatoms. The van der Waals surface area contributed by atoms with Gasteiger partial charge in [-0.15, -0.1) is 0 Å². The van der Waals surface area contributed by atoms with Gasteiger partial charge in [-0.25, -0.2) is 13.1 Å². The fraction of sp³-hybridized carbons (Fsp3) is 0.278. The quantitative estimate of drug-likeness (QED) is 0.693. The molecule has 2 atom stereocenters.